The average molecular weight is 620 g/mol. The number of carbonyl (C=O) groups is 5. The Morgan fingerprint density at radius 1 is 1.11 bits per heavy atom. The molecule has 0 saturated carbocycles. The fourth-order valence-electron chi connectivity index (χ4n) is 6.92. The normalized spacial score (nSPS) is 28.3. The highest BCUT2D eigenvalue weighted by Crippen LogP contribution is 2.64. The Bertz CT molecular complexity index is 1440. The summed E-state index contributed by atoms with van der Waals surface area (Å²) in [6, 6.07) is 3.42. The van der Waals surface area contributed by atoms with Crippen molar-refractivity contribution in [1.29, 1.82) is 0 Å². The van der Waals surface area contributed by atoms with E-state index in [9.17, 15) is 39.3 Å². The Labute approximate surface area is 250 Å². The lowest BCUT2D eigenvalue weighted by Crippen LogP contribution is -2.74. The number of likely N-dealkylation sites (tertiary alicyclic amines) is 1. The minimum absolute atomic E-state index is 0.0402. The predicted octanol–water partition coefficient (Wildman–Crippen LogP) is -0.846. The summed E-state index contributed by atoms with van der Waals surface area (Å²) >= 11 is 0. The zero-order chi connectivity index (χ0) is 32.1. The van der Waals surface area contributed by atoms with Crippen LogP contribution in [-0.4, -0.2) is 110 Å². The highest BCUT2D eigenvalue weighted by Gasteiger charge is 2.72. The average Bonchev–Trinajstić information content (AvgIpc) is 3.31. The molecule has 2 heterocycles. The van der Waals surface area contributed by atoms with Gasteiger partial charge in [0, 0.05) is 23.6 Å². The van der Waals surface area contributed by atoms with Crippen LogP contribution in [-0.2, 0) is 56.6 Å². The second-order valence-corrected chi connectivity index (χ2v) is 11.5. The predicted molar refractivity (Wildman–Crippen MR) is 143 cm³/mol. The van der Waals surface area contributed by atoms with E-state index in [0.717, 1.165) is 18.1 Å². The lowest BCUT2D eigenvalue weighted by Gasteiger charge is -2.61. The summed E-state index contributed by atoms with van der Waals surface area (Å²) in [5.41, 5.74) is -0.00499. The highest BCUT2D eigenvalue weighted by molar-refractivity contribution is 5.86. The molecule has 2 aliphatic carbocycles. The minimum Gasteiger partial charge on any atom is -0.481 e. The first-order valence-electron chi connectivity index (χ1n) is 14.0. The molecule has 0 aromatic heterocycles. The maximum atomic E-state index is 12.9. The van der Waals surface area contributed by atoms with Crippen LogP contribution in [0.3, 0.4) is 0 Å². The lowest BCUT2D eigenvalue weighted by atomic mass is 9.50. The first-order valence-corrected chi connectivity index (χ1v) is 14.0. The minimum atomic E-state index is -2.03. The van der Waals surface area contributed by atoms with E-state index in [1.165, 1.54) is 6.08 Å². The van der Waals surface area contributed by atoms with Crippen molar-refractivity contribution in [2.75, 3.05) is 13.6 Å². The quantitative estimate of drug-likeness (QED) is 0.150. The van der Waals surface area contributed by atoms with Crippen LogP contribution >= 0.6 is 0 Å². The smallest absolute Gasteiger partial charge is 0.348 e. The largest absolute Gasteiger partial charge is 0.481 e. The van der Waals surface area contributed by atoms with Crippen LogP contribution in [0.25, 0.3) is 0 Å². The van der Waals surface area contributed by atoms with Crippen LogP contribution in [0.2, 0.25) is 0 Å². The Kier molecular flexibility index (Phi) is 8.18. The van der Waals surface area contributed by atoms with Crippen molar-refractivity contribution in [3.63, 3.8) is 0 Å². The number of carboxylic acid groups (broad SMARTS) is 2. The van der Waals surface area contributed by atoms with Gasteiger partial charge >= 0.3 is 29.8 Å². The Balaban J connectivity index is 1.28. The molecule has 1 aromatic rings. The zero-order valence-corrected chi connectivity index (χ0v) is 23.9. The zero-order valence-electron chi connectivity index (χ0n) is 23.9. The van der Waals surface area contributed by atoms with Crippen LogP contribution in [0.15, 0.2) is 24.0 Å². The Hall–Kier alpha value is -4.05. The summed E-state index contributed by atoms with van der Waals surface area (Å²) in [6.45, 7) is 1.35. The van der Waals surface area contributed by atoms with Crippen molar-refractivity contribution in [3.8, 4) is 5.75 Å². The number of likely N-dealkylation sites (N-methyl/N-ethyl adjacent to an activating group) is 1. The molecule has 5 N–H and O–H groups in total. The monoisotopic (exact) mass is 619 g/mol. The summed E-state index contributed by atoms with van der Waals surface area (Å²) in [5.74, 6) is -6.56. The van der Waals surface area contributed by atoms with Gasteiger partial charge in [-0.15, -0.1) is 0 Å². The molecule has 1 fully saturated rings. The highest BCUT2D eigenvalue weighted by atomic mass is 16.6. The molecule has 1 saturated heterocycles. The third-order valence-corrected chi connectivity index (χ3v) is 9.01. The van der Waals surface area contributed by atoms with Gasteiger partial charge in [0.15, 0.2) is 18.3 Å². The van der Waals surface area contributed by atoms with Crippen molar-refractivity contribution in [2.45, 2.75) is 87.1 Å². The molecule has 2 bridgehead atoms. The first kappa shape index (κ1) is 31.4. The summed E-state index contributed by atoms with van der Waals surface area (Å²) in [7, 11) is 1.93. The number of rotatable bonds is 11. The van der Waals surface area contributed by atoms with Crippen LogP contribution in [0.1, 0.15) is 49.3 Å². The molecule has 5 rings (SSSR count). The fourth-order valence-corrected chi connectivity index (χ4v) is 6.92. The molecular formula is C29H33NO14. The van der Waals surface area contributed by atoms with Gasteiger partial charge in [0.05, 0.1) is 30.5 Å². The number of aliphatic hydroxyl groups excluding tert-OH is 2. The van der Waals surface area contributed by atoms with E-state index >= 15 is 0 Å². The maximum absolute atomic E-state index is 12.9. The van der Waals surface area contributed by atoms with Crippen LogP contribution in [0.4, 0.5) is 0 Å². The van der Waals surface area contributed by atoms with Gasteiger partial charge < -0.3 is 49.4 Å². The number of hydrogen-bond acceptors (Lipinski definition) is 13. The van der Waals surface area contributed by atoms with E-state index in [1.54, 1.807) is 6.07 Å². The van der Waals surface area contributed by atoms with Gasteiger partial charge in [-0.25, -0.2) is 14.4 Å². The Morgan fingerprint density at radius 2 is 1.84 bits per heavy atom. The maximum Gasteiger partial charge on any atom is 0.348 e. The number of nitrogens with zero attached hydrogens (tertiary/aromatic N) is 1. The number of benzene rings is 1. The summed E-state index contributed by atoms with van der Waals surface area (Å²) < 4.78 is 21.3. The number of carbonyl (C=O) groups excluding carboxylic acids is 3. The number of esters is 3. The molecule has 15 nitrogen and oxygen atoms in total. The second kappa shape index (κ2) is 11.5. The number of aliphatic hydroxyl groups is 3. The Morgan fingerprint density at radius 3 is 2.50 bits per heavy atom. The van der Waals surface area contributed by atoms with Crippen molar-refractivity contribution < 1.29 is 68.5 Å². The van der Waals surface area contributed by atoms with Gasteiger partial charge in [-0.05, 0) is 45.0 Å². The van der Waals surface area contributed by atoms with E-state index in [4.69, 9.17) is 24.4 Å². The van der Waals surface area contributed by atoms with Gasteiger partial charge in [0.2, 0.25) is 6.10 Å². The van der Waals surface area contributed by atoms with Gasteiger partial charge in [0.25, 0.3) is 0 Å². The van der Waals surface area contributed by atoms with Crippen molar-refractivity contribution in [1.82, 2.24) is 4.90 Å². The van der Waals surface area contributed by atoms with Crippen LogP contribution in [0, 0.1) is 0 Å². The molecule has 0 amide bonds. The summed E-state index contributed by atoms with van der Waals surface area (Å²) in [5, 5.41) is 50.4. The van der Waals surface area contributed by atoms with Crippen molar-refractivity contribution >= 4 is 29.8 Å². The molecule has 1 spiro atoms. The lowest BCUT2D eigenvalue weighted by molar-refractivity contribution is -0.179. The topological polar surface area (TPSA) is 227 Å². The van der Waals surface area contributed by atoms with Crippen molar-refractivity contribution in [3.05, 3.63) is 40.7 Å². The molecule has 7 atom stereocenters. The van der Waals surface area contributed by atoms with Gasteiger partial charge in [-0.1, -0.05) is 12.1 Å². The molecule has 44 heavy (non-hydrogen) atoms. The van der Waals surface area contributed by atoms with E-state index in [2.05, 4.69) is 9.64 Å². The number of carboxylic acids is 2. The molecule has 2 aliphatic heterocycles. The van der Waals surface area contributed by atoms with E-state index in [0.29, 0.717) is 30.7 Å². The number of hydrogen-bond donors (Lipinski definition) is 5. The van der Waals surface area contributed by atoms with Gasteiger partial charge in [0.1, 0.15) is 11.5 Å². The number of piperidine rings is 1. The third-order valence-electron chi connectivity index (χ3n) is 9.01. The van der Waals surface area contributed by atoms with Crippen molar-refractivity contribution in [2.24, 2.45) is 0 Å². The van der Waals surface area contributed by atoms with E-state index in [1.807, 2.05) is 13.1 Å². The number of ether oxygens (including phenoxy) is 4. The SMILES string of the molecule is C[C@H](OC(=O)C[C@H](O)C(=O)OC1=CC[C@@]2(O)[C@H]3Cc4ccc(CO)c5c4[C@@]2(CCN3C)[C@H]1O5)C(=O)O[C@H](CC(=O)O)C(=O)O. The molecule has 0 unspecified atom stereocenters. The molecule has 4 aliphatic rings. The summed E-state index contributed by atoms with van der Waals surface area (Å²) in [4.78, 5) is 61.4. The standard InChI is InChI=1S/C29H33NO14/c1-13(26(38)43-18(25(36)37)11-20(33)34)41-21(35)10-16(32)27(39)42-17-5-6-29(40)19-9-14-3-4-15(12-31)23-22(14)28(29,24(17)44-23)7-8-30(19)2/h3-5,13,16,18-19,24,31-32,40H,6-12H2,1-2H3,(H,33,34)(H,36,37)/t13-,16-,18+,19+,24-,28-,29+/m0/s1. The van der Waals surface area contributed by atoms with Crippen LogP contribution < -0.4 is 4.74 Å². The summed E-state index contributed by atoms with van der Waals surface area (Å²) in [6.07, 6.45) is -5.97. The molecule has 238 valence electrons. The molecule has 0 radical (unpaired) electrons. The van der Waals surface area contributed by atoms with E-state index in [-0.39, 0.29) is 24.8 Å². The molecule has 1 aromatic carbocycles. The first-order chi connectivity index (χ1) is 20.7. The van der Waals surface area contributed by atoms with Crippen LogP contribution in [0.5, 0.6) is 5.75 Å². The van der Waals surface area contributed by atoms with E-state index < -0.39 is 78.1 Å². The fraction of sp³-hybridized carbons (Fsp3) is 0.552. The second-order valence-electron chi connectivity index (χ2n) is 11.5. The van der Waals surface area contributed by atoms with Gasteiger partial charge in [-0.2, -0.15) is 0 Å². The number of aliphatic carboxylic acids is 2. The van der Waals surface area contributed by atoms with Gasteiger partial charge in [-0.3, -0.25) is 9.59 Å². The third kappa shape index (κ3) is 4.99. The molecular weight excluding hydrogens is 586 g/mol. The molecule has 15 heteroatoms.